The molecule has 0 amide bonds. The molecule has 0 fully saturated rings. The second kappa shape index (κ2) is 7.02. The first kappa shape index (κ1) is 15.8. The van der Waals surface area contributed by atoms with Gasteiger partial charge in [-0.2, -0.15) is 4.68 Å². The molecule has 0 aliphatic rings. The zero-order valence-electron chi connectivity index (χ0n) is 12.7. The van der Waals surface area contributed by atoms with Crippen molar-refractivity contribution in [2.45, 2.75) is 17.3 Å². The molecule has 7 heteroatoms. The molecule has 1 aromatic heterocycles. The zero-order valence-corrected chi connectivity index (χ0v) is 14.3. The first-order chi connectivity index (χ1) is 11.2. The molecule has 0 unspecified atom stereocenters. The Bertz CT molecular complexity index is 808. The van der Waals surface area contributed by atoms with Gasteiger partial charge in [0.2, 0.25) is 5.16 Å². The van der Waals surface area contributed by atoms with Crippen molar-refractivity contribution in [3.8, 4) is 11.4 Å². The van der Waals surface area contributed by atoms with E-state index in [9.17, 15) is 0 Å². The highest BCUT2D eigenvalue weighted by molar-refractivity contribution is 7.99. The molecule has 0 radical (unpaired) electrons. The van der Waals surface area contributed by atoms with Crippen LogP contribution in [0.4, 0.5) is 0 Å². The summed E-state index contributed by atoms with van der Waals surface area (Å²) in [7, 11) is 1.63. The van der Waals surface area contributed by atoms with E-state index in [4.69, 9.17) is 16.3 Å². The first-order valence-corrected chi connectivity index (χ1v) is 8.29. The lowest BCUT2D eigenvalue weighted by molar-refractivity contribution is 0.410. The lowest BCUT2D eigenvalue weighted by Crippen LogP contribution is -2.02. The molecule has 0 saturated heterocycles. The molecular weight excluding hydrogens is 332 g/mol. The van der Waals surface area contributed by atoms with Crippen molar-refractivity contribution in [1.29, 1.82) is 0 Å². The second-order valence-electron chi connectivity index (χ2n) is 4.83. The zero-order chi connectivity index (χ0) is 16.2. The number of tetrazole rings is 1. The number of nitrogens with zero attached hydrogens (tertiary/aromatic N) is 4. The Labute approximate surface area is 143 Å². The second-order valence-corrected chi connectivity index (χ2v) is 6.54. The van der Waals surface area contributed by atoms with Gasteiger partial charge < -0.3 is 4.74 Å². The van der Waals surface area contributed by atoms with Crippen LogP contribution in [0.25, 0.3) is 5.69 Å². The van der Waals surface area contributed by atoms with Crippen LogP contribution >= 0.6 is 23.4 Å². The molecule has 0 saturated carbocycles. The molecule has 0 aliphatic carbocycles. The summed E-state index contributed by atoms with van der Waals surface area (Å²) >= 11 is 7.82. The van der Waals surface area contributed by atoms with Crippen LogP contribution in [0, 0.1) is 0 Å². The molecule has 3 aromatic rings. The highest BCUT2D eigenvalue weighted by Crippen LogP contribution is 2.37. The molecule has 3 rings (SSSR count). The van der Waals surface area contributed by atoms with Crippen LogP contribution in [0.2, 0.25) is 5.02 Å². The molecule has 2 aromatic carbocycles. The summed E-state index contributed by atoms with van der Waals surface area (Å²) in [5.41, 5.74) is 1.85. The Hall–Kier alpha value is -2.05. The number of hydrogen-bond acceptors (Lipinski definition) is 5. The monoisotopic (exact) mass is 346 g/mol. The fourth-order valence-corrected chi connectivity index (χ4v) is 3.57. The van der Waals surface area contributed by atoms with Gasteiger partial charge in [-0.1, -0.05) is 53.7 Å². The quantitative estimate of drug-likeness (QED) is 0.649. The van der Waals surface area contributed by atoms with Crippen molar-refractivity contribution in [3.63, 3.8) is 0 Å². The van der Waals surface area contributed by atoms with Gasteiger partial charge in [0, 0.05) is 10.3 Å². The number of halogens is 1. The molecule has 23 heavy (non-hydrogen) atoms. The minimum absolute atomic E-state index is 0.114. The van der Waals surface area contributed by atoms with E-state index in [1.807, 2.05) is 48.5 Å². The summed E-state index contributed by atoms with van der Waals surface area (Å²) in [6.07, 6.45) is 0. The van der Waals surface area contributed by atoms with Crippen molar-refractivity contribution in [3.05, 3.63) is 59.1 Å². The molecule has 5 nitrogen and oxygen atoms in total. The number of hydrogen-bond donors (Lipinski definition) is 0. The molecule has 1 heterocycles. The normalized spacial score (nSPS) is 12.1. The third-order valence-electron chi connectivity index (χ3n) is 3.38. The number of para-hydroxylation sites is 2. The maximum Gasteiger partial charge on any atom is 0.214 e. The van der Waals surface area contributed by atoms with Crippen LogP contribution in [0.15, 0.2) is 53.7 Å². The fraction of sp³-hybridized carbons (Fsp3) is 0.188. The molecule has 0 bridgehead atoms. The van der Waals surface area contributed by atoms with Crippen LogP contribution in [0.5, 0.6) is 5.75 Å². The Morgan fingerprint density at radius 2 is 1.87 bits per heavy atom. The van der Waals surface area contributed by atoms with Crippen LogP contribution in [-0.4, -0.2) is 27.3 Å². The van der Waals surface area contributed by atoms with E-state index < -0.39 is 0 Å². The summed E-state index contributed by atoms with van der Waals surface area (Å²) in [4.78, 5) is 0. The third-order valence-corrected chi connectivity index (χ3v) is 4.80. The van der Waals surface area contributed by atoms with E-state index in [2.05, 4.69) is 22.4 Å². The van der Waals surface area contributed by atoms with Crippen LogP contribution < -0.4 is 4.74 Å². The van der Waals surface area contributed by atoms with Crippen LogP contribution in [0.1, 0.15) is 17.7 Å². The molecule has 0 aliphatic heterocycles. The lowest BCUT2D eigenvalue weighted by atomic mass is 10.2. The van der Waals surface area contributed by atoms with Gasteiger partial charge in [0.1, 0.15) is 11.4 Å². The SMILES string of the molecule is COc1ccccc1-n1nnnc1S[C@H](C)c1ccccc1Cl. The molecule has 1 atom stereocenters. The maximum absolute atomic E-state index is 6.27. The third kappa shape index (κ3) is 3.33. The Kier molecular flexibility index (Phi) is 4.83. The Morgan fingerprint density at radius 3 is 2.65 bits per heavy atom. The van der Waals surface area contributed by atoms with Gasteiger partial charge in [0.15, 0.2) is 0 Å². The van der Waals surface area contributed by atoms with Gasteiger partial charge >= 0.3 is 0 Å². The average molecular weight is 347 g/mol. The Morgan fingerprint density at radius 1 is 1.13 bits per heavy atom. The largest absolute Gasteiger partial charge is 0.494 e. The highest BCUT2D eigenvalue weighted by Gasteiger charge is 2.18. The van der Waals surface area contributed by atoms with Crippen molar-refractivity contribution < 1.29 is 4.74 Å². The predicted molar refractivity (Wildman–Crippen MR) is 91.4 cm³/mol. The summed E-state index contributed by atoms with van der Waals surface area (Å²) in [5.74, 6) is 0.715. The number of aromatic nitrogens is 4. The summed E-state index contributed by atoms with van der Waals surface area (Å²) in [6, 6.07) is 15.4. The number of methoxy groups -OCH3 is 1. The Balaban J connectivity index is 1.91. The van der Waals surface area contributed by atoms with Gasteiger partial charge in [-0.25, -0.2) is 0 Å². The van der Waals surface area contributed by atoms with Crippen molar-refractivity contribution in [1.82, 2.24) is 20.2 Å². The molecular formula is C16H15ClN4OS. The van der Waals surface area contributed by atoms with E-state index >= 15 is 0 Å². The summed E-state index contributed by atoms with van der Waals surface area (Å²) in [5, 5.41) is 13.5. The van der Waals surface area contributed by atoms with Gasteiger partial charge in [-0.15, -0.1) is 5.10 Å². The minimum atomic E-state index is 0.114. The van der Waals surface area contributed by atoms with Crippen molar-refractivity contribution in [2.24, 2.45) is 0 Å². The standard InChI is InChI=1S/C16H15ClN4OS/c1-11(12-7-3-4-8-13(12)17)23-16-18-19-20-21(16)14-9-5-6-10-15(14)22-2/h3-11H,1-2H3/t11-/m1/s1. The number of rotatable bonds is 5. The van der Waals surface area contributed by atoms with Gasteiger partial charge in [-0.3, -0.25) is 0 Å². The fourth-order valence-electron chi connectivity index (χ4n) is 2.23. The van der Waals surface area contributed by atoms with Crippen molar-refractivity contribution >= 4 is 23.4 Å². The topological polar surface area (TPSA) is 52.8 Å². The van der Waals surface area contributed by atoms with Crippen LogP contribution in [-0.2, 0) is 0 Å². The minimum Gasteiger partial charge on any atom is -0.494 e. The number of ether oxygens (including phenoxy) is 1. The molecule has 0 N–H and O–H groups in total. The average Bonchev–Trinajstić information content (AvgIpc) is 3.03. The van der Waals surface area contributed by atoms with E-state index in [-0.39, 0.29) is 5.25 Å². The lowest BCUT2D eigenvalue weighted by Gasteiger charge is -2.13. The maximum atomic E-state index is 6.27. The summed E-state index contributed by atoms with van der Waals surface area (Å²) < 4.78 is 7.06. The van der Waals surface area contributed by atoms with E-state index in [0.717, 1.165) is 16.3 Å². The highest BCUT2D eigenvalue weighted by atomic mass is 35.5. The number of benzene rings is 2. The smallest absolute Gasteiger partial charge is 0.214 e. The van der Waals surface area contributed by atoms with E-state index in [0.29, 0.717) is 10.9 Å². The van der Waals surface area contributed by atoms with E-state index in [1.165, 1.54) is 0 Å². The van der Waals surface area contributed by atoms with Crippen molar-refractivity contribution in [2.75, 3.05) is 7.11 Å². The first-order valence-electron chi connectivity index (χ1n) is 7.03. The summed E-state index contributed by atoms with van der Waals surface area (Å²) in [6.45, 7) is 2.08. The molecule has 0 spiro atoms. The van der Waals surface area contributed by atoms with Gasteiger partial charge in [-0.05, 0) is 41.1 Å². The van der Waals surface area contributed by atoms with Gasteiger partial charge in [0.25, 0.3) is 0 Å². The van der Waals surface area contributed by atoms with Gasteiger partial charge in [0.05, 0.1) is 7.11 Å². The number of thioether (sulfide) groups is 1. The predicted octanol–water partition coefficient (Wildman–Crippen LogP) is 4.18. The molecule has 118 valence electrons. The van der Waals surface area contributed by atoms with Crippen LogP contribution in [0.3, 0.4) is 0 Å². The van der Waals surface area contributed by atoms with E-state index in [1.54, 1.807) is 23.6 Å².